The van der Waals surface area contributed by atoms with Crippen molar-refractivity contribution in [3.8, 4) is 5.75 Å². The highest BCUT2D eigenvalue weighted by Crippen LogP contribution is 2.48. The molecule has 0 radical (unpaired) electrons. The molecular formula is C25H32F2N7O7P. The van der Waals surface area contributed by atoms with Crippen molar-refractivity contribution in [2.45, 2.75) is 62.9 Å². The zero-order chi connectivity index (χ0) is 30.1. The first-order valence-corrected chi connectivity index (χ1v) is 14.9. The van der Waals surface area contributed by atoms with Crippen molar-refractivity contribution >= 4 is 36.6 Å². The van der Waals surface area contributed by atoms with Gasteiger partial charge < -0.3 is 30.2 Å². The van der Waals surface area contributed by atoms with Crippen LogP contribution in [-0.4, -0.2) is 80.4 Å². The lowest BCUT2D eigenvalue weighted by Crippen LogP contribution is -2.45. The van der Waals surface area contributed by atoms with Crippen molar-refractivity contribution in [3.05, 3.63) is 36.7 Å². The minimum absolute atomic E-state index is 0.0582. The first kappa shape index (κ1) is 30.0. The number of fused-ring (bicyclic) bond motifs is 1. The SMILES string of the molecule is CCOC(=O)[C@H](C)N[P@@](=O)(OC[C@H]1O[C@@H](n2cnc3c(NC4CC4)nc(N)nc32)[C@@](F)(CF)[C@@H]1O)Oc1ccccc1. The Balaban J connectivity index is 1.39. The lowest BCUT2D eigenvalue weighted by molar-refractivity contribution is -0.144. The van der Waals surface area contributed by atoms with Crippen molar-refractivity contribution in [1.29, 1.82) is 0 Å². The molecule has 42 heavy (non-hydrogen) atoms. The number of benzene rings is 1. The van der Waals surface area contributed by atoms with Gasteiger partial charge >= 0.3 is 13.7 Å². The number of carbonyl (C=O) groups is 1. The molecule has 1 aromatic carbocycles. The minimum Gasteiger partial charge on any atom is -0.465 e. The molecule has 1 aliphatic heterocycles. The lowest BCUT2D eigenvalue weighted by atomic mass is 9.97. The number of imidazole rings is 1. The number of alkyl halides is 2. The Labute approximate surface area is 239 Å². The monoisotopic (exact) mass is 611 g/mol. The molecule has 6 atom stereocenters. The number of esters is 1. The van der Waals surface area contributed by atoms with Crippen LogP contribution in [0, 0.1) is 0 Å². The fourth-order valence-corrected chi connectivity index (χ4v) is 5.95. The number of hydrogen-bond acceptors (Lipinski definition) is 12. The second-order valence-corrected chi connectivity index (χ2v) is 11.7. The number of aromatic nitrogens is 4. The van der Waals surface area contributed by atoms with Gasteiger partial charge in [0.25, 0.3) is 0 Å². The molecular weight excluding hydrogens is 579 g/mol. The molecule has 1 aliphatic carbocycles. The summed E-state index contributed by atoms with van der Waals surface area (Å²) in [4.78, 5) is 24.8. The van der Waals surface area contributed by atoms with E-state index in [4.69, 9.17) is 24.3 Å². The summed E-state index contributed by atoms with van der Waals surface area (Å²) in [6, 6.07) is 7.02. The summed E-state index contributed by atoms with van der Waals surface area (Å²) in [6.07, 6.45) is -2.28. The molecule has 0 amide bonds. The molecule has 14 nitrogen and oxygen atoms in total. The Morgan fingerprint density at radius 1 is 1.33 bits per heavy atom. The first-order valence-electron chi connectivity index (χ1n) is 13.4. The predicted molar refractivity (Wildman–Crippen MR) is 146 cm³/mol. The Morgan fingerprint density at radius 2 is 2.07 bits per heavy atom. The minimum atomic E-state index is -4.37. The number of hydrogen-bond donors (Lipinski definition) is 4. The van der Waals surface area contributed by atoms with Crippen LogP contribution in [0.25, 0.3) is 11.2 Å². The highest BCUT2D eigenvalue weighted by molar-refractivity contribution is 7.52. The molecule has 228 valence electrons. The number of aliphatic hydroxyl groups is 1. The maximum Gasteiger partial charge on any atom is 0.459 e. The van der Waals surface area contributed by atoms with Crippen molar-refractivity contribution in [1.82, 2.24) is 24.6 Å². The van der Waals surface area contributed by atoms with Gasteiger partial charge in [-0.1, -0.05) is 18.2 Å². The summed E-state index contributed by atoms with van der Waals surface area (Å²) in [5.41, 5.74) is 3.22. The van der Waals surface area contributed by atoms with E-state index >= 15 is 4.39 Å². The van der Waals surface area contributed by atoms with Gasteiger partial charge in [-0.05, 0) is 38.8 Å². The van der Waals surface area contributed by atoms with E-state index in [-0.39, 0.29) is 35.5 Å². The molecule has 0 unspecified atom stereocenters. The number of nitrogens with zero attached hydrogens (tertiary/aromatic N) is 4. The van der Waals surface area contributed by atoms with Crippen LogP contribution in [0.5, 0.6) is 5.75 Å². The van der Waals surface area contributed by atoms with Gasteiger partial charge in [-0.25, -0.2) is 18.3 Å². The van der Waals surface area contributed by atoms with Crippen LogP contribution in [-0.2, 0) is 23.4 Å². The largest absolute Gasteiger partial charge is 0.465 e. The van der Waals surface area contributed by atoms with Crippen LogP contribution in [0.15, 0.2) is 36.7 Å². The number of para-hydroxylation sites is 1. The number of nitrogens with one attached hydrogen (secondary N) is 2. The van der Waals surface area contributed by atoms with Crippen molar-refractivity contribution < 1.29 is 41.8 Å². The van der Waals surface area contributed by atoms with Crippen LogP contribution < -0.4 is 20.7 Å². The number of aliphatic hydroxyl groups excluding tert-OH is 1. The second kappa shape index (κ2) is 12.1. The normalized spacial score (nSPS) is 26.1. The molecule has 17 heteroatoms. The summed E-state index contributed by atoms with van der Waals surface area (Å²) in [5.74, 6) is -0.380. The lowest BCUT2D eigenvalue weighted by Gasteiger charge is -2.26. The third kappa shape index (κ3) is 6.17. The molecule has 0 spiro atoms. The van der Waals surface area contributed by atoms with Crippen molar-refractivity contribution in [3.63, 3.8) is 0 Å². The van der Waals surface area contributed by atoms with E-state index in [1.165, 1.54) is 25.4 Å². The van der Waals surface area contributed by atoms with Gasteiger partial charge in [0.15, 0.2) is 23.2 Å². The van der Waals surface area contributed by atoms with E-state index in [1.54, 1.807) is 25.1 Å². The summed E-state index contributed by atoms with van der Waals surface area (Å²) in [5, 5.41) is 16.5. The zero-order valence-electron chi connectivity index (χ0n) is 22.9. The maximum absolute atomic E-state index is 16.1. The molecule has 5 N–H and O–H groups in total. The van der Waals surface area contributed by atoms with Crippen LogP contribution >= 0.6 is 7.75 Å². The molecule has 2 fully saturated rings. The van der Waals surface area contributed by atoms with Gasteiger partial charge in [0, 0.05) is 6.04 Å². The quantitative estimate of drug-likeness (QED) is 0.163. The molecule has 5 rings (SSSR count). The first-order chi connectivity index (χ1) is 20.1. The van der Waals surface area contributed by atoms with Gasteiger partial charge in [0.2, 0.25) is 11.6 Å². The number of halogens is 2. The zero-order valence-corrected chi connectivity index (χ0v) is 23.7. The summed E-state index contributed by atoms with van der Waals surface area (Å²) in [7, 11) is -4.37. The Bertz CT molecular complexity index is 1460. The highest BCUT2D eigenvalue weighted by atomic mass is 31.2. The van der Waals surface area contributed by atoms with E-state index in [1.807, 2.05) is 0 Å². The van der Waals surface area contributed by atoms with Crippen LogP contribution in [0.3, 0.4) is 0 Å². The van der Waals surface area contributed by atoms with Crippen LogP contribution in [0.1, 0.15) is 32.9 Å². The molecule has 3 aromatic rings. The van der Waals surface area contributed by atoms with Crippen LogP contribution in [0.2, 0.25) is 0 Å². The maximum atomic E-state index is 16.1. The fraction of sp³-hybridized carbons (Fsp3) is 0.520. The van der Waals surface area contributed by atoms with E-state index < -0.39 is 57.1 Å². The number of ether oxygens (including phenoxy) is 2. The topological polar surface area (TPSA) is 185 Å². The summed E-state index contributed by atoms with van der Waals surface area (Å²) in [6.45, 7) is 0.726. The predicted octanol–water partition coefficient (Wildman–Crippen LogP) is 2.66. The third-order valence-electron chi connectivity index (χ3n) is 6.74. The van der Waals surface area contributed by atoms with Gasteiger partial charge in [-0.2, -0.15) is 15.1 Å². The number of carbonyl (C=O) groups excluding carboxylic acids is 1. The standard InChI is InChI=1S/C25H32F2N7O7P/c1-3-38-22(36)14(2)33-42(37,41-16-7-5-4-6-8-16)39-11-17-19(35)25(27,12-26)23(40-17)34-13-29-18-20(30-15-9-10-15)31-24(28)32-21(18)34/h4-8,13-15,17,19,23,35H,3,9-12H2,1-2H3,(H,33,37)(H3,28,30,31,32)/t14-,17+,19+,23+,25+,42+/m0/s1. The average molecular weight is 612 g/mol. The van der Waals surface area contributed by atoms with E-state index in [9.17, 15) is 18.9 Å². The molecule has 2 aromatic heterocycles. The smallest absolute Gasteiger partial charge is 0.459 e. The highest BCUT2D eigenvalue weighted by Gasteiger charge is 2.59. The molecule has 2 aliphatic rings. The second-order valence-electron chi connectivity index (χ2n) is 10.0. The van der Waals surface area contributed by atoms with Gasteiger partial charge in [0.1, 0.15) is 30.7 Å². The number of nitrogen functional groups attached to an aromatic ring is 1. The van der Waals surface area contributed by atoms with Crippen molar-refractivity contribution in [2.75, 3.05) is 30.9 Å². The van der Waals surface area contributed by atoms with E-state index in [0.717, 1.165) is 17.4 Å². The van der Waals surface area contributed by atoms with E-state index in [0.29, 0.717) is 5.82 Å². The number of nitrogens with two attached hydrogens (primary N) is 1. The summed E-state index contributed by atoms with van der Waals surface area (Å²) >= 11 is 0. The van der Waals surface area contributed by atoms with Crippen molar-refractivity contribution in [2.24, 2.45) is 0 Å². The van der Waals surface area contributed by atoms with Gasteiger partial charge in [0.05, 0.1) is 19.5 Å². The van der Waals surface area contributed by atoms with Crippen LogP contribution in [0.4, 0.5) is 20.5 Å². The van der Waals surface area contributed by atoms with Gasteiger partial charge in [-0.15, -0.1) is 0 Å². The Morgan fingerprint density at radius 3 is 2.74 bits per heavy atom. The molecule has 1 saturated heterocycles. The molecule has 3 heterocycles. The third-order valence-corrected chi connectivity index (χ3v) is 8.39. The van der Waals surface area contributed by atoms with E-state index in [2.05, 4.69) is 25.4 Å². The number of anilines is 2. The Kier molecular flexibility index (Phi) is 8.62. The molecule has 1 saturated carbocycles. The average Bonchev–Trinajstić information content (AvgIpc) is 3.62. The van der Waals surface area contributed by atoms with Gasteiger partial charge in [-0.3, -0.25) is 13.9 Å². The number of rotatable bonds is 13. The summed E-state index contributed by atoms with van der Waals surface area (Å²) < 4.78 is 67.0. The fourth-order valence-electron chi connectivity index (χ4n) is 4.45. The molecule has 0 bridgehead atoms. The Hall–Kier alpha value is -3.43.